The van der Waals surface area contributed by atoms with Gasteiger partial charge in [0.1, 0.15) is 0 Å². The topological polar surface area (TPSA) is 66.0 Å². The number of hydrogen-bond donors (Lipinski definition) is 2. The number of ether oxygens (including phenoxy) is 1. The Morgan fingerprint density at radius 2 is 2.03 bits per heavy atom. The van der Waals surface area contributed by atoms with E-state index in [-0.39, 0.29) is 12.0 Å². The second-order valence-corrected chi connectivity index (χ2v) is 6.97. The van der Waals surface area contributed by atoms with Crippen LogP contribution in [0.5, 0.6) is 0 Å². The maximum Gasteiger partial charge on any atom is 0.416 e. The minimum atomic E-state index is -4.31. The summed E-state index contributed by atoms with van der Waals surface area (Å²) in [4.78, 5) is 17.7. The highest BCUT2D eigenvalue weighted by Crippen LogP contribution is 2.29. The predicted octanol–water partition coefficient (Wildman–Crippen LogP) is 2.79. The van der Waals surface area contributed by atoms with Gasteiger partial charge in [-0.15, -0.1) is 0 Å². The van der Waals surface area contributed by atoms with Crippen molar-refractivity contribution in [3.63, 3.8) is 0 Å². The van der Waals surface area contributed by atoms with Crippen LogP contribution in [0.25, 0.3) is 0 Å². The largest absolute Gasteiger partial charge is 0.466 e. The number of carbonyl (C=O) groups excluding carboxylic acids is 1. The molecule has 0 bridgehead atoms. The smallest absolute Gasteiger partial charge is 0.416 e. The number of likely N-dealkylation sites (tertiary alicyclic amines) is 1. The van der Waals surface area contributed by atoms with Gasteiger partial charge in [-0.1, -0.05) is 12.1 Å². The van der Waals surface area contributed by atoms with E-state index in [9.17, 15) is 18.0 Å². The highest BCUT2D eigenvalue weighted by atomic mass is 19.4. The molecule has 1 heterocycles. The summed E-state index contributed by atoms with van der Waals surface area (Å²) in [7, 11) is 1.69. The molecule has 6 nitrogen and oxygen atoms in total. The first-order valence-corrected chi connectivity index (χ1v) is 9.83. The number of hydrogen-bond acceptors (Lipinski definition) is 4. The number of aliphatic imine (C=N–C) groups is 1. The van der Waals surface area contributed by atoms with E-state index >= 15 is 0 Å². The lowest BCUT2D eigenvalue weighted by atomic mass is 10.1. The Kier molecular flexibility index (Phi) is 8.75. The fourth-order valence-electron chi connectivity index (χ4n) is 3.21. The van der Waals surface area contributed by atoms with Crippen molar-refractivity contribution in [2.45, 2.75) is 44.9 Å². The molecular formula is C20H29F3N4O2. The van der Waals surface area contributed by atoms with Gasteiger partial charge in [-0.05, 0) is 37.5 Å². The van der Waals surface area contributed by atoms with Gasteiger partial charge in [0.15, 0.2) is 5.96 Å². The average Bonchev–Trinajstić information content (AvgIpc) is 3.11. The Bertz CT molecular complexity index is 677. The molecule has 1 saturated heterocycles. The zero-order valence-electron chi connectivity index (χ0n) is 16.9. The quantitative estimate of drug-likeness (QED) is 0.296. The third-order valence-corrected chi connectivity index (χ3v) is 4.68. The Balaban J connectivity index is 1.72. The first-order chi connectivity index (χ1) is 13.8. The Morgan fingerprint density at radius 3 is 2.66 bits per heavy atom. The molecule has 2 N–H and O–H groups in total. The molecule has 1 aromatic carbocycles. The number of esters is 1. The molecule has 1 aromatic rings. The summed E-state index contributed by atoms with van der Waals surface area (Å²) in [6.07, 6.45) is -2.36. The maximum absolute atomic E-state index is 12.7. The van der Waals surface area contributed by atoms with Gasteiger partial charge in [-0.3, -0.25) is 14.7 Å². The summed E-state index contributed by atoms with van der Waals surface area (Å²) in [6, 6.07) is 5.54. The molecule has 0 aliphatic carbocycles. The lowest BCUT2D eigenvalue weighted by Gasteiger charge is -2.19. The number of nitrogens with one attached hydrogen (secondary N) is 2. The number of benzene rings is 1. The van der Waals surface area contributed by atoms with Crippen molar-refractivity contribution in [2.24, 2.45) is 4.99 Å². The van der Waals surface area contributed by atoms with Crippen LogP contribution < -0.4 is 10.6 Å². The van der Waals surface area contributed by atoms with Crippen LogP contribution >= 0.6 is 0 Å². The molecule has 2 rings (SSSR count). The number of carbonyl (C=O) groups is 1. The Morgan fingerprint density at radius 1 is 1.31 bits per heavy atom. The molecular weight excluding hydrogens is 385 g/mol. The van der Waals surface area contributed by atoms with Gasteiger partial charge in [-0.2, -0.15) is 13.2 Å². The van der Waals surface area contributed by atoms with E-state index in [0.717, 1.165) is 37.2 Å². The van der Waals surface area contributed by atoms with Crippen LogP contribution in [0.2, 0.25) is 0 Å². The molecule has 0 amide bonds. The summed E-state index contributed by atoms with van der Waals surface area (Å²) < 4.78 is 42.9. The SMILES string of the molecule is CCOC(=O)CCCNC(=NC)NC1CCN(Cc2ccc(C(F)(F)F)cc2)C1. The normalized spacial score (nSPS) is 18.0. The van der Waals surface area contributed by atoms with Crippen molar-refractivity contribution in [3.05, 3.63) is 35.4 Å². The van der Waals surface area contributed by atoms with E-state index in [1.54, 1.807) is 14.0 Å². The molecule has 0 radical (unpaired) electrons. The van der Waals surface area contributed by atoms with Crippen LogP contribution in [0.1, 0.15) is 37.3 Å². The standard InChI is InChI=1S/C20H29F3N4O2/c1-3-29-18(28)5-4-11-25-19(24-2)26-17-10-12-27(14-17)13-15-6-8-16(9-7-15)20(21,22)23/h6-9,17H,3-5,10-14H2,1-2H3,(H2,24,25,26). The van der Waals surface area contributed by atoms with Crippen molar-refractivity contribution in [1.29, 1.82) is 0 Å². The molecule has 0 saturated carbocycles. The lowest BCUT2D eigenvalue weighted by molar-refractivity contribution is -0.143. The maximum atomic E-state index is 12.7. The Labute approximate surface area is 169 Å². The molecule has 1 fully saturated rings. The summed E-state index contributed by atoms with van der Waals surface area (Å²) >= 11 is 0. The molecule has 29 heavy (non-hydrogen) atoms. The summed E-state index contributed by atoms with van der Waals surface area (Å²) in [6.45, 7) is 5.04. The van der Waals surface area contributed by atoms with Crippen LogP contribution in [0.3, 0.4) is 0 Å². The highest BCUT2D eigenvalue weighted by Gasteiger charge is 2.30. The lowest BCUT2D eigenvalue weighted by Crippen LogP contribution is -2.44. The first kappa shape index (κ1) is 23.0. The van der Waals surface area contributed by atoms with Crippen LogP contribution in [-0.4, -0.2) is 56.2 Å². The van der Waals surface area contributed by atoms with Gasteiger partial charge in [0, 0.05) is 45.7 Å². The summed E-state index contributed by atoms with van der Waals surface area (Å²) in [5.41, 5.74) is 0.236. The van der Waals surface area contributed by atoms with Gasteiger partial charge >= 0.3 is 12.1 Å². The number of guanidine groups is 1. The van der Waals surface area contributed by atoms with Crippen molar-refractivity contribution in [3.8, 4) is 0 Å². The van der Waals surface area contributed by atoms with E-state index < -0.39 is 11.7 Å². The zero-order chi connectivity index (χ0) is 21.3. The second-order valence-electron chi connectivity index (χ2n) is 6.97. The fraction of sp³-hybridized carbons (Fsp3) is 0.600. The van der Waals surface area contributed by atoms with Crippen molar-refractivity contribution in [2.75, 3.05) is 33.3 Å². The van der Waals surface area contributed by atoms with Crippen molar-refractivity contribution >= 4 is 11.9 Å². The molecule has 0 spiro atoms. The van der Waals surface area contributed by atoms with Crippen LogP contribution in [0.4, 0.5) is 13.2 Å². The molecule has 9 heteroatoms. The molecule has 1 unspecified atom stereocenters. The zero-order valence-corrected chi connectivity index (χ0v) is 16.9. The molecule has 1 atom stereocenters. The molecule has 0 aromatic heterocycles. The number of halogens is 3. The van der Waals surface area contributed by atoms with Gasteiger partial charge in [0.25, 0.3) is 0 Å². The fourth-order valence-corrected chi connectivity index (χ4v) is 3.21. The number of rotatable bonds is 8. The second kappa shape index (κ2) is 11.0. The molecule has 162 valence electrons. The van der Waals surface area contributed by atoms with Crippen LogP contribution in [0, 0.1) is 0 Å². The van der Waals surface area contributed by atoms with Gasteiger partial charge in [0.05, 0.1) is 12.2 Å². The van der Waals surface area contributed by atoms with Crippen molar-refractivity contribution in [1.82, 2.24) is 15.5 Å². The summed E-state index contributed by atoms with van der Waals surface area (Å²) in [5, 5.41) is 6.54. The third-order valence-electron chi connectivity index (χ3n) is 4.68. The Hall–Kier alpha value is -2.29. The monoisotopic (exact) mass is 414 g/mol. The van der Waals surface area contributed by atoms with E-state index in [4.69, 9.17) is 4.74 Å². The molecule has 1 aliphatic rings. The number of alkyl halides is 3. The van der Waals surface area contributed by atoms with E-state index in [0.29, 0.717) is 38.5 Å². The first-order valence-electron chi connectivity index (χ1n) is 9.83. The van der Waals surface area contributed by atoms with Crippen molar-refractivity contribution < 1.29 is 22.7 Å². The summed E-state index contributed by atoms with van der Waals surface area (Å²) in [5.74, 6) is 0.474. The van der Waals surface area contributed by atoms with Crippen LogP contribution in [-0.2, 0) is 22.3 Å². The van der Waals surface area contributed by atoms with Crippen LogP contribution in [0.15, 0.2) is 29.3 Å². The number of nitrogens with zero attached hydrogens (tertiary/aromatic N) is 2. The van der Waals surface area contributed by atoms with Gasteiger partial charge in [-0.25, -0.2) is 0 Å². The predicted molar refractivity (Wildman–Crippen MR) is 105 cm³/mol. The molecule has 1 aliphatic heterocycles. The van der Waals surface area contributed by atoms with E-state index in [2.05, 4.69) is 20.5 Å². The van der Waals surface area contributed by atoms with E-state index in [1.807, 2.05) is 0 Å². The minimum Gasteiger partial charge on any atom is -0.466 e. The average molecular weight is 414 g/mol. The van der Waals surface area contributed by atoms with Gasteiger partial charge < -0.3 is 15.4 Å². The third kappa shape index (κ3) is 7.92. The minimum absolute atomic E-state index is 0.202. The van der Waals surface area contributed by atoms with E-state index in [1.165, 1.54) is 12.1 Å². The van der Waals surface area contributed by atoms with Gasteiger partial charge in [0.2, 0.25) is 0 Å². The highest BCUT2D eigenvalue weighted by molar-refractivity contribution is 5.80.